The Hall–Kier alpha value is -2.06. The molecule has 0 unspecified atom stereocenters. The van der Waals surface area contributed by atoms with Crippen LogP contribution in [0.3, 0.4) is 0 Å². The van der Waals surface area contributed by atoms with Gasteiger partial charge in [0.15, 0.2) is 0 Å². The number of thioether (sulfide) groups is 1. The first kappa shape index (κ1) is 17.3. The van der Waals surface area contributed by atoms with Crippen LogP contribution in [0.1, 0.15) is 21.5 Å². The molecule has 0 spiro atoms. The second-order valence-corrected chi connectivity index (χ2v) is 6.89. The van der Waals surface area contributed by atoms with Crippen molar-refractivity contribution in [3.05, 3.63) is 41.0 Å². The van der Waals surface area contributed by atoms with E-state index in [4.69, 9.17) is 5.73 Å². The summed E-state index contributed by atoms with van der Waals surface area (Å²) in [5.74, 6) is 0.0740. The number of anilines is 1. The summed E-state index contributed by atoms with van der Waals surface area (Å²) in [6, 6.07) is 7.82. The second kappa shape index (κ2) is 7.47. The van der Waals surface area contributed by atoms with Crippen molar-refractivity contribution < 1.29 is 9.59 Å². The highest BCUT2D eigenvalue weighted by molar-refractivity contribution is 7.98. The number of nitrogens with one attached hydrogen (secondary N) is 1. The van der Waals surface area contributed by atoms with E-state index in [9.17, 15) is 9.59 Å². The van der Waals surface area contributed by atoms with Gasteiger partial charge >= 0.3 is 6.03 Å². The molecule has 6 nitrogen and oxygen atoms in total. The molecule has 0 fully saturated rings. The molecule has 3 N–H and O–H groups in total. The van der Waals surface area contributed by atoms with Gasteiger partial charge in [-0.15, -0.1) is 0 Å². The van der Waals surface area contributed by atoms with Crippen molar-refractivity contribution in [2.45, 2.75) is 17.7 Å². The van der Waals surface area contributed by atoms with Gasteiger partial charge in [0.05, 0.1) is 0 Å². The third kappa shape index (κ3) is 4.46. The highest BCUT2D eigenvalue weighted by Crippen LogP contribution is 2.33. The zero-order valence-corrected chi connectivity index (χ0v) is 14.8. The van der Waals surface area contributed by atoms with Gasteiger partial charge in [0.1, 0.15) is 15.6 Å². The number of rotatable bonds is 5. The van der Waals surface area contributed by atoms with Gasteiger partial charge in [-0.3, -0.25) is 10.1 Å². The number of hydrogen-bond donors (Lipinski definition) is 2. The number of carbonyl (C=O) groups is 2. The Morgan fingerprint density at radius 2 is 1.96 bits per heavy atom. The monoisotopic (exact) mass is 350 g/mol. The number of hydrogen-bond acceptors (Lipinski definition) is 5. The molecular formula is C15H18N4O2S2. The van der Waals surface area contributed by atoms with Gasteiger partial charge in [-0.05, 0) is 24.0 Å². The van der Waals surface area contributed by atoms with E-state index in [0.717, 1.165) is 17.1 Å². The van der Waals surface area contributed by atoms with E-state index in [1.54, 1.807) is 14.1 Å². The molecule has 0 atom stereocenters. The maximum atomic E-state index is 11.7. The van der Waals surface area contributed by atoms with Crippen molar-refractivity contribution in [1.82, 2.24) is 9.27 Å². The molecular weight excluding hydrogens is 332 g/mol. The molecule has 23 heavy (non-hydrogen) atoms. The van der Waals surface area contributed by atoms with Crippen LogP contribution < -0.4 is 11.1 Å². The van der Waals surface area contributed by atoms with E-state index >= 15 is 0 Å². The Morgan fingerprint density at radius 1 is 1.30 bits per heavy atom. The number of benzene rings is 1. The molecule has 0 aliphatic carbocycles. The van der Waals surface area contributed by atoms with Gasteiger partial charge in [0.2, 0.25) is 0 Å². The number of primary amides is 1. The molecule has 0 aliphatic heterocycles. The third-order valence-electron chi connectivity index (χ3n) is 3.03. The van der Waals surface area contributed by atoms with E-state index in [1.165, 1.54) is 22.2 Å². The van der Waals surface area contributed by atoms with Crippen LogP contribution in [0.4, 0.5) is 9.80 Å². The number of urea groups is 1. The van der Waals surface area contributed by atoms with Gasteiger partial charge in [0.25, 0.3) is 5.91 Å². The molecule has 2 aromatic rings. The fraction of sp³-hybridized carbons (Fsp3) is 0.267. The van der Waals surface area contributed by atoms with Crippen LogP contribution in [0.25, 0.3) is 0 Å². The summed E-state index contributed by atoms with van der Waals surface area (Å²) in [5.41, 5.74) is 8.04. The highest BCUT2D eigenvalue weighted by Gasteiger charge is 2.21. The minimum Gasteiger partial charge on any atom is -0.365 e. The number of aromatic nitrogens is 1. The van der Waals surface area contributed by atoms with Gasteiger partial charge in [-0.1, -0.05) is 41.6 Å². The Bertz CT molecular complexity index is 711. The lowest BCUT2D eigenvalue weighted by Crippen LogP contribution is -2.28. The fourth-order valence-corrected chi connectivity index (χ4v) is 3.64. The Kier molecular flexibility index (Phi) is 5.62. The van der Waals surface area contributed by atoms with E-state index in [-0.39, 0.29) is 11.6 Å². The number of amides is 3. The lowest BCUT2D eigenvalue weighted by Gasteiger charge is -2.11. The predicted molar refractivity (Wildman–Crippen MR) is 94.1 cm³/mol. The molecule has 8 heteroatoms. The maximum absolute atomic E-state index is 11.7. The number of carbonyl (C=O) groups excluding carboxylic acids is 2. The summed E-state index contributed by atoms with van der Waals surface area (Å²) in [5, 5.41) is 3.56. The van der Waals surface area contributed by atoms with Crippen LogP contribution in [0.5, 0.6) is 0 Å². The van der Waals surface area contributed by atoms with Crippen molar-refractivity contribution >= 4 is 40.2 Å². The summed E-state index contributed by atoms with van der Waals surface area (Å²) in [6.45, 7) is 2.03. The minimum atomic E-state index is -0.598. The van der Waals surface area contributed by atoms with Gasteiger partial charge in [-0.2, -0.15) is 4.37 Å². The predicted octanol–water partition coefficient (Wildman–Crippen LogP) is 2.94. The quantitative estimate of drug-likeness (QED) is 0.812. The van der Waals surface area contributed by atoms with Gasteiger partial charge in [0, 0.05) is 19.8 Å². The summed E-state index contributed by atoms with van der Waals surface area (Å²) in [6.07, 6.45) is 0. The van der Waals surface area contributed by atoms with Crippen LogP contribution in [-0.4, -0.2) is 35.3 Å². The molecule has 0 radical (unpaired) electrons. The van der Waals surface area contributed by atoms with Crippen LogP contribution in [0.2, 0.25) is 0 Å². The minimum absolute atomic E-state index is 0.266. The smallest absolute Gasteiger partial charge is 0.321 e. The molecule has 0 bridgehead atoms. The number of nitrogens with zero attached hydrogens (tertiary/aromatic N) is 2. The van der Waals surface area contributed by atoms with Crippen molar-refractivity contribution in [3.63, 3.8) is 0 Å². The van der Waals surface area contributed by atoms with Crippen molar-refractivity contribution in [2.24, 2.45) is 5.73 Å². The summed E-state index contributed by atoms with van der Waals surface area (Å²) < 4.78 is 4.25. The molecule has 122 valence electrons. The van der Waals surface area contributed by atoms with E-state index in [2.05, 4.69) is 9.69 Å². The molecule has 0 aliphatic rings. The van der Waals surface area contributed by atoms with Gasteiger partial charge in [-0.25, -0.2) is 4.79 Å². The number of nitrogens with two attached hydrogens (primary N) is 1. The number of aryl methyl sites for hydroxylation is 1. The molecule has 2 rings (SSSR count). The topological polar surface area (TPSA) is 88.3 Å². The SMILES string of the molecule is Cc1ccc(CSc2nsc(NC(=O)N(C)C)c2C(N)=O)cc1. The summed E-state index contributed by atoms with van der Waals surface area (Å²) in [7, 11) is 3.24. The highest BCUT2D eigenvalue weighted by atomic mass is 32.2. The van der Waals surface area contributed by atoms with Crippen LogP contribution in [0, 0.1) is 6.92 Å². The van der Waals surface area contributed by atoms with Crippen molar-refractivity contribution in [3.8, 4) is 0 Å². The Labute approximate surface area is 143 Å². The van der Waals surface area contributed by atoms with Gasteiger partial charge < -0.3 is 10.6 Å². The zero-order chi connectivity index (χ0) is 17.0. The van der Waals surface area contributed by atoms with Crippen LogP contribution >= 0.6 is 23.3 Å². The van der Waals surface area contributed by atoms with E-state index in [0.29, 0.717) is 15.8 Å². The largest absolute Gasteiger partial charge is 0.365 e. The summed E-state index contributed by atoms with van der Waals surface area (Å²) >= 11 is 2.48. The Morgan fingerprint density at radius 3 is 2.52 bits per heavy atom. The lowest BCUT2D eigenvalue weighted by atomic mass is 10.2. The first-order valence-electron chi connectivity index (χ1n) is 6.84. The Balaban J connectivity index is 2.15. The molecule has 0 saturated carbocycles. The molecule has 3 amide bonds. The first-order chi connectivity index (χ1) is 10.9. The molecule has 1 aromatic heterocycles. The zero-order valence-electron chi connectivity index (χ0n) is 13.1. The summed E-state index contributed by atoms with van der Waals surface area (Å²) in [4.78, 5) is 24.8. The van der Waals surface area contributed by atoms with E-state index < -0.39 is 5.91 Å². The first-order valence-corrected chi connectivity index (χ1v) is 8.60. The second-order valence-electron chi connectivity index (χ2n) is 5.15. The fourth-order valence-electron chi connectivity index (χ4n) is 1.72. The molecule has 1 aromatic carbocycles. The molecule has 0 saturated heterocycles. The van der Waals surface area contributed by atoms with Crippen molar-refractivity contribution in [2.75, 3.05) is 19.4 Å². The normalized spacial score (nSPS) is 10.4. The lowest BCUT2D eigenvalue weighted by molar-refractivity contribution is 0.0998. The average Bonchev–Trinajstić information content (AvgIpc) is 2.89. The van der Waals surface area contributed by atoms with Crippen LogP contribution in [-0.2, 0) is 5.75 Å². The van der Waals surface area contributed by atoms with E-state index in [1.807, 2.05) is 31.2 Å². The van der Waals surface area contributed by atoms with Crippen LogP contribution in [0.15, 0.2) is 29.3 Å². The average molecular weight is 350 g/mol. The standard InChI is InChI=1S/C15H18N4O2S2/c1-9-4-6-10(7-5-9)8-22-14-11(12(16)20)13(23-18-14)17-15(21)19(2)3/h4-7H,8H2,1-3H3,(H2,16,20)(H,17,21). The molecule has 1 heterocycles. The maximum Gasteiger partial charge on any atom is 0.321 e. The third-order valence-corrected chi connectivity index (χ3v) is 4.95. The van der Waals surface area contributed by atoms with Crippen molar-refractivity contribution in [1.29, 1.82) is 0 Å².